The number of nitrogens with zero attached hydrogens (tertiary/aromatic N) is 3. The number of hydrogen-bond donors (Lipinski definition) is 1. The van der Waals surface area contributed by atoms with Crippen LogP contribution in [0.2, 0.25) is 5.02 Å². The summed E-state index contributed by atoms with van der Waals surface area (Å²) < 4.78 is 7.10. The highest BCUT2D eigenvalue weighted by Gasteiger charge is 2.24. The van der Waals surface area contributed by atoms with Crippen molar-refractivity contribution in [1.82, 2.24) is 9.55 Å². The normalized spacial score (nSPS) is 12.7. The van der Waals surface area contributed by atoms with Gasteiger partial charge in [-0.15, -0.1) is 0 Å². The van der Waals surface area contributed by atoms with E-state index < -0.39 is 0 Å². The van der Waals surface area contributed by atoms with Gasteiger partial charge in [0.15, 0.2) is 0 Å². The molecular weight excluding hydrogens is 326 g/mol. The van der Waals surface area contributed by atoms with Gasteiger partial charge in [-0.05, 0) is 41.5 Å². The van der Waals surface area contributed by atoms with Gasteiger partial charge in [-0.3, -0.25) is 4.57 Å². The van der Waals surface area contributed by atoms with Gasteiger partial charge in [0.05, 0.1) is 19.0 Å². The number of aromatic nitrogens is 2. The quantitative estimate of drug-likeness (QED) is 0.788. The second kappa shape index (κ2) is 5.76. The average molecular weight is 342 g/mol. The fourth-order valence-electron chi connectivity index (χ4n) is 3.03. The van der Waals surface area contributed by atoms with Crippen molar-refractivity contribution in [2.45, 2.75) is 13.1 Å². The molecule has 122 valence electrons. The first-order valence-corrected chi connectivity index (χ1v) is 7.97. The Morgan fingerprint density at radius 1 is 1.21 bits per heavy atom. The van der Waals surface area contributed by atoms with Crippen molar-refractivity contribution in [3.8, 4) is 17.3 Å². The van der Waals surface area contributed by atoms with Crippen molar-refractivity contribution < 1.29 is 9.84 Å². The number of rotatable bonds is 3. The lowest BCUT2D eigenvalue weighted by Crippen LogP contribution is -2.29. The molecule has 4 rings (SSSR count). The topological polar surface area (TPSA) is 50.5 Å². The van der Waals surface area contributed by atoms with Gasteiger partial charge in [0, 0.05) is 18.1 Å². The van der Waals surface area contributed by atoms with Crippen LogP contribution in [-0.2, 0) is 13.1 Å². The Labute approximate surface area is 144 Å². The van der Waals surface area contributed by atoms with E-state index in [0.717, 1.165) is 28.5 Å². The molecule has 1 aliphatic rings. The Kier molecular flexibility index (Phi) is 3.58. The van der Waals surface area contributed by atoms with Gasteiger partial charge in [-0.2, -0.15) is 4.98 Å². The maximum absolute atomic E-state index is 9.86. The molecule has 1 aromatic heterocycles. The molecule has 0 radical (unpaired) electrons. The maximum Gasteiger partial charge on any atom is 0.231 e. The molecule has 2 aromatic carbocycles. The Balaban J connectivity index is 1.71. The van der Waals surface area contributed by atoms with E-state index in [-0.39, 0.29) is 5.88 Å². The van der Waals surface area contributed by atoms with Gasteiger partial charge in [-0.25, -0.2) is 0 Å². The molecule has 0 atom stereocenters. The summed E-state index contributed by atoms with van der Waals surface area (Å²) in [6.07, 6.45) is 1.63. The van der Waals surface area contributed by atoms with E-state index in [1.165, 1.54) is 0 Å². The summed E-state index contributed by atoms with van der Waals surface area (Å²) in [6.45, 7) is 1.35. The van der Waals surface area contributed by atoms with E-state index in [4.69, 9.17) is 16.3 Å². The summed E-state index contributed by atoms with van der Waals surface area (Å²) in [5.74, 6) is 1.55. The van der Waals surface area contributed by atoms with Crippen molar-refractivity contribution in [1.29, 1.82) is 0 Å². The van der Waals surface area contributed by atoms with E-state index in [9.17, 15) is 5.11 Å². The SMILES string of the molecule is COc1ccc(CN2Cc3cc(Cl)ccc3-n3cc(O)nc32)cc1. The molecule has 6 heteroatoms. The van der Waals surface area contributed by atoms with Crippen molar-refractivity contribution in [2.24, 2.45) is 0 Å². The molecule has 1 aliphatic heterocycles. The van der Waals surface area contributed by atoms with Crippen molar-refractivity contribution in [2.75, 3.05) is 12.0 Å². The van der Waals surface area contributed by atoms with Crippen LogP contribution < -0.4 is 9.64 Å². The lowest BCUT2D eigenvalue weighted by molar-refractivity contribution is 0.414. The molecule has 0 fully saturated rings. The molecular formula is C18H16ClN3O2. The van der Waals surface area contributed by atoms with Crippen LogP contribution in [0, 0.1) is 0 Å². The molecule has 0 bridgehead atoms. The van der Waals surface area contributed by atoms with Crippen LogP contribution in [0.4, 0.5) is 5.95 Å². The smallest absolute Gasteiger partial charge is 0.231 e. The number of anilines is 1. The van der Waals surface area contributed by atoms with Crippen LogP contribution in [0.5, 0.6) is 11.6 Å². The molecule has 0 spiro atoms. The predicted molar refractivity (Wildman–Crippen MR) is 93.1 cm³/mol. The fraction of sp³-hybridized carbons (Fsp3) is 0.167. The number of halogens is 1. The summed E-state index contributed by atoms with van der Waals surface area (Å²) in [5.41, 5.74) is 3.23. The molecule has 0 unspecified atom stereocenters. The number of ether oxygens (including phenoxy) is 1. The summed E-state index contributed by atoms with van der Waals surface area (Å²) >= 11 is 6.14. The molecule has 1 N–H and O–H groups in total. The molecule has 3 aromatic rings. The highest BCUT2D eigenvalue weighted by Crippen LogP contribution is 2.34. The predicted octanol–water partition coefficient (Wildman–Crippen LogP) is 3.76. The number of benzene rings is 2. The average Bonchev–Trinajstić information content (AvgIpc) is 2.97. The second-order valence-corrected chi connectivity index (χ2v) is 6.18. The molecule has 0 saturated heterocycles. The fourth-order valence-corrected chi connectivity index (χ4v) is 3.22. The monoisotopic (exact) mass is 341 g/mol. The van der Waals surface area contributed by atoms with E-state index in [2.05, 4.69) is 9.88 Å². The molecule has 24 heavy (non-hydrogen) atoms. The van der Waals surface area contributed by atoms with Crippen LogP contribution in [0.3, 0.4) is 0 Å². The standard InChI is InChI=1S/C18H16ClN3O2/c1-24-15-5-2-12(3-6-15)9-21-10-13-8-14(19)4-7-16(13)22-11-17(23)20-18(21)22/h2-8,11,23H,9-10H2,1H3. The van der Waals surface area contributed by atoms with Crippen LogP contribution in [0.1, 0.15) is 11.1 Å². The summed E-state index contributed by atoms with van der Waals surface area (Å²) in [7, 11) is 1.65. The Morgan fingerprint density at radius 3 is 2.75 bits per heavy atom. The Morgan fingerprint density at radius 2 is 2.00 bits per heavy atom. The molecule has 0 aliphatic carbocycles. The Bertz CT molecular complexity index is 890. The van der Waals surface area contributed by atoms with E-state index in [1.807, 2.05) is 47.0 Å². The van der Waals surface area contributed by atoms with Gasteiger partial charge in [0.25, 0.3) is 0 Å². The zero-order valence-corrected chi connectivity index (χ0v) is 13.9. The molecule has 0 saturated carbocycles. The third kappa shape index (κ3) is 2.57. The van der Waals surface area contributed by atoms with Gasteiger partial charge < -0.3 is 14.7 Å². The van der Waals surface area contributed by atoms with Crippen LogP contribution in [0.15, 0.2) is 48.7 Å². The van der Waals surface area contributed by atoms with Gasteiger partial charge in [-0.1, -0.05) is 23.7 Å². The number of imidazole rings is 1. The van der Waals surface area contributed by atoms with Crippen LogP contribution >= 0.6 is 11.6 Å². The molecule has 0 amide bonds. The maximum atomic E-state index is 9.86. The Hall–Kier alpha value is -2.66. The third-order valence-corrected chi connectivity index (χ3v) is 4.39. The largest absolute Gasteiger partial charge is 0.497 e. The van der Waals surface area contributed by atoms with E-state index >= 15 is 0 Å². The first-order valence-electron chi connectivity index (χ1n) is 7.59. The highest BCUT2D eigenvalue weighted by molar-refractivity contribution is 6.30. The van der Waals surface area contributed by atoms with Crippen molar-refractivity contribution >= 4 is 17.5 Å². The minimum atomic E-state index is 0.00697. The van der Waals surface area contributed by atoms with Crippen LogP contribution in [0.25, 0.3) is 5.69 Å². The zero-order chi connectivity index (χ0) is 16.7. The van der Waals surface area contributed by atoms with Crippen LogP contribution in [-0.4, -0.2) is 21.8 Å². The summed E-state index contributed by atoms with van der Waals surface area (Å²) in [4.78, 5) is 6.38. The lowest BCUT2D eigenvalue weighted by Gasteiger charge is -2.30. The zero-order valence-electron chi connectivity index (χ0n) is 13.1. The van der Waals surface area contributed by atoms with Gasteiger partial charge >= 0.3 is 0 Å². The highest BCUT2D eigenvalue weighted by atomic mass is 35.5. The molecule has 5 nitrogen and oxygen atoms in total. The summed E-state index contributed by atoms with van der Waals surface area (Å²) in [6, 6.07) is 13.7. The minimum absolute atomic E-state index is 0.00697. The summed E-state index contributed by atoms with van der Waals surface area (Å²) in [5, 5.41) is 10.6. The minimum Gasteiger partial charge on any atom is -0.497 e. The second-order valence-electron chi connectivity index (χ2n) is 5.75. The first-order chi connectivity index (χ1) is 11.6. The number of aromatic hydroxyl groups is 1. The van der Waals surface area contributed by atoms with E-state index in [1.54, 1.807) is 13.3 Å². The number of hydrogen-bond acceptors (Lipinski definition) is 4. The first kappa shape index (κ1) is 14.9. The van der Waals surface area contributed by atoms with E-state index in [0.29, 0.717) is 18.1 Å². The van der Waals surface area contributed by atoms with Gasteiger partial charge in [0.1, 0.15) is 5.75 Å². The van der Waals surface area contributed by atoms with Crippen molar-refractivity contribution in [3.05, 3.63) is 64.8 Å². The van der Waals surface area contributed by atoms with Crippen molar-refractivity contribution in [3.63, 3.8) is 0 Å². The lowest BCUT2D eigenvalue weighted by atomic mass is 10.1. The third-order valence-electron chi connectivity index (χ3n) is 4.15. The number of fused-ring (bicyclic) bond motifs is 3. The number of methoxy groups -OCH3 is 1. The van der Waals surface area contributed by atoms with Gasteiger partial charge in [0.2, 0.25) is 11.8 Å². The molecule has 2 heterocycles.